The Morgan fingerprint density at radius 2 is 2.12 bits per heavy atom. The van der Waals surface area contributed by atoms with Crippen molar-refractivity contribution in [1.29, 1.82) is 5.26 Å². The molecule has 0 aliphatic carbocycles. The van der Waals surface area contributed by atoms with Gasteiger partial charge in [0.2, 0.25) is 0 Å². The van der Waals surface area contributed by atoms with E-state index in [0.29, 0.717) is 18.7 Å². The second-order valence-electron chi connectivity index (χ2n) is 8.12. The van der Waals surface area contributed by atoms with Gasteiger partial charge in [0.05, 0.1) is 11.1 Å². The van der Waals surface area contributed by atoms with Gasteiger partial charge in [-0.1, -0.05) is 0 Å². The summed E-state index contributed by atoms with van der Waals surface area (Å²) >= 11 is 0. The SMILES string of the molecule is CN(C)C(=O)c1ccc(Nc2ncnc3c2c(F)cn3C[C@H]2CCCN(C#N)C2)c(F)c1. The number of fused-ring (bicyclic) bond motifs is 1. The van der Waals surface area contributed by atoms with E-state index in [-0.39, 0.29) is 34.3 Å². The number of nitrogens with zero attached hydrogens (tertiary/aromatic N) is 6. The number of hydrogen-bond acceptors (Lipinski definition) is 6. The second kappa shape index (κ2) is 8.78. The van der Waals surface area contributed by atoms with Crippen LogP contribution in [0.25, 0.3) is 11.0 Å². The largest absolute Gasteiger partial charge is 0.345 e. The minimum atomic E-state index is -0.650. The number of carbonyl (C=O) groups excluding carboxylic acids is 1. The summed E-state index contributed by atoms with van der Waals surface area (Å²) in [6, 6.07) is 4.06. The summed E-state index contributed by atoms with van der Waals surface area (Å²) in [5.41, 5.74) is 0.681. The van der Waals surface area contributed by atoms with Crippen LogP contribution in [0.15, 0.2) is 30.7 Å². The molecule has 2 aromatic heterocycles. The van der Waals surface area contributed by atoms with Crippen molar-refractivity contribution in [3.05, 3.63) is 47.9 Å². The van der Waals surface area contributed by atoms with E-state index in [1.165, 1.54) is 29.6 Å². The summed E-state index contributed by atoms with van der Waals surface area (Å²) in [5, 5.41) is 12.1. The Kier molecular flexibility index (Phi) is 5.90. The molecular formula is C22H23F2N7O. The van der Waals surface area contributed by atoms with E-state index in [1.807, 2.05) is 0 Å². The average Bonchev–Trinajstić information content (AvgIpc) is 3.10. The highest BCUT2D eigenvalue weighted by molar-refractivity contribution is 5.95. The quantitative estimate of drug-likeness (QED) is 0.614. The number of carbonyl (C=O) groups is 1. The first-order valence-corrected chi connectivity index (χ1v) is 10.3. The van der Waals surface area contributed by atoms with Crippen LogP contribution in [-0.2, 0) is 6.54 Å². The number of rotatable bonds is 5. The Hall–Kier alpha value is -3.74. The number of hydrogen-bond donors (Lipinski definition) is 1. The fraction of sp³-hybridized carbons (Fsp3) is 0.364. The summed E-state index contributed by atoms with van der Waals surface area (Å²) in [4.78, 5) is 23.5. The van der Waals surface area contributed by atoms with Gasteiger partial charge in [-0.3, -0.25) is 4.79 Å². The highest BCUT2D eigenvalue weighted by Crippen LogP contribution is 2.30. The summed E-state index contributed by atoms with van der Waals surface area (Å²) in [6.45, 7) is 1.89. The van der Waals surface area contributed by atoms with Crippen molar-refractivity contribution in [2.75, 3.05) is 32.5 Å². The van der Waals surface area contributed by atoms with Gasteiger partial charge in [0.1, 0.15) is 23.6 Å². The van der Waals surface area contributed by atoms with Gasteiger partial charge in [-0.25, -0.2) is 18.7 Å². The first-order chi connectivity index (χ1) is 15.4. The van der Waals surface area contributed by atoms with E-state index in [4.69, 9.17) is 5.26 Å². The predicted octanol–water partition coefficient (Wildman–Crippen LogP) is 3.35. The van der Waals surface area contributed by atoms with Gasteiger partial charge in [-0.2, -0.15) is 5.26 Å². The monoisotopic (exact) mass is 439 g/mol. The smallest absolute Gasteiger partial charge is 0.253 e. The molecule has 10 heteroatoms. The standard InChI is InChI=1S/C22H23F2N7O/c1-29(2)22(32)15-5-6-18(16(23)8-15)28-20-19-17(24)11-31(21(19)27-13-26-20)10-14-4-3-7-30(9-14)12-25/h5-6,8,11,13-14H,3-4,7,9-10H2,1-2H3,(H,26,27,28)/t14-/m0/s1. The van der Waals surface area contributed by atoms with Crippen molar-refractivity contribution in [1.82, 2.24) is 24.3 Å². The molecule has 1 fully saturated rings. The molecule has 0 saturated carbocycles. The molecule has 0 unspecified atom stereocenters. The highest BCUT2D eigenvalue weighted by Gasteiger charge is 2.22. The molecule has 1 aliphatic rings. The van der Waals surface area contributed by atoms with Crippen molar-refractivity contribution in [3.8, 4) is 6.19 Å². The number of likely N-dealkylation sites (tertiary alicyclic amines) is 1. The van der Waals surface area contributed by atoms with Crippen LogP contribution in [0.1, 0.15) is 23.2 Å². The van der Waals surface area contributed by atoms with Crippen LogP contribution in [0.4, 0.5) is 20.3 Å². The Morgan fingerprint density at radius 1 is 1.31 bits per heavy atom. The lowest BCUT2D eigenvalue weighted by molar-refractivity contribution is 0.0827. The molecule has 1 N–H and O–H groups in total. The van der Waals surface area contributed by atoms with Crippen LogP contribution in [-0.4, -0.2) is 57.4 Å². The maximum Gasteiger partial charge on any atom is 0.253 e. The van der Waals surface area contributed by atoms with Gasteiger partial charge >= 0.3 is 0 Å². The van der Waals surface area contributed by atoms with Crippen LogP contribution < -0.4 is 5.32 Å². The molecule has 32 heavy (non-hydrogen) atoms. The lowest BCUT2D eigenvalue weighted by Crippen LogP contribution is -2.33. The van der Waals surface area contributed by atoms with Crippen LogP contribution in [0.5, 0.6) is 0 Å². The minimum absolute atomic E-state index is 0.0735. The molecular weight excluding hydrogens is 416 g/mol. The number of nitriles is 1. The first kappa shape index (κ1) is 21.5. The molecule has 0 radical (unpaired) electrons. The van der Waals surface area contributed by atoms with Gasteiger partial charge < -0.3 is 19.7 Å². The molecule has 166 valence electrons. The number of amides is 1. The topological polar surface area (TPSA) is 90.1 Å². The average molecular weight is 439 g/mol. The number of piperidine rings is 1. The van der Waals surface area contributed by atoms with E-state index in [9.17, 15) is 13.6 Å². The van der Waals surface area contributed by atoms with E-state index in [2.05, 4.69) is 21.5 Å². The lowest BCUT2D eigenvalue weighted by atomic mass is 9.98. The van der Waals surface area contributed by atoms with Crippen molar-refractivity contribution in [2.45, 2.75) is 19.4 Å². The minimum Gasteiger partial charge on any atom is -0.345 e. The maximum atomic E-state index is 14.9. The molecule has 3 heterocycles. The zero-order chi connectivity index (χ0) is 22.8. The molecule has 4 rings (SSSR count). The number of anilines is 2. The highest BCUT2D eigenvalue weighted by atomic mass is 19.1. The third-order valence-corrected chi connectivity index (χ3v) is 5.60. The lowest BCUT2D eigenvalue weighted by Gasteiger charge is -2.28. The molecule has 1 aromatic carbocycles. The van der Waals surface area contributed by atoms with E-state index in [0.717, 1.165) is 25.5 Å². The van der Waals surface area contributed by atoms with Crippen LogP contribution >= 0.6 is 0 Å². The fourth-order valence-corrected chi connectivity index (χ4v) is 4.03. The zero-order valence-electron chi connectivity index (χ0n) is 17.8. The van der Waals surface area contributed by atoms with E-state index in [1.54, 1.807) is 23.6 Å². The third kappa shape index (κ3) is 4.19. The van der Waals surface area contributed by atoms with Crippen molar-refractivity contribution >= 4 is 28.4 Å². The van der Waals surface area contributed by atoms with Gasteiger partial charge in [0.25, 0.3) is 5.91 Å². The van der Waals surface area contributed by atoms with Gasteiger partial charge in [0.15, 0.2) is 12.0 Å². The fourth-order valence-electron chi connectivity index (χ4n) is 4.03. The molecule has 1 amide bonds. The van der Waals surface area contributed by atoms with Gasteiger partial charge in [-0.05, 0) is 37.0 Å². The number of aromatic nitrogens is 3. The van der Waals surface area contributed by atoms with Crippen molar-refractivity contribution < 1.29 is 13.6 Å². The number of halogens is 2. The second-order valence-corrected chi connectivity index (χ2v) is 8.12. The maximum absolute atomic E-state index is 14.9. The Bertz CT molecular complexity index is 1200. The van der Waals surface area contributed by atoms with Gasteiger partial charge in [-0.15, -0.1) is 0 Å². The zero-order valence-corrected chi connectivity index (χ0v) is 17.8. The molecule has 1 saturated heterocycles. The van der Waals surface area contributed by atoms with E-state index < -0.39 is 11.6 Å². The van der Waals surface area contributed by atoms with Crippen LogP contribution in [0, 0.1) is 29.0 Å². The number of nitrogens with one attached hydrogen (secondary N) is 1. The normalized spacial score (nSPS) is 16.1. The Labute approximate surface area is 184 Å². The molecule has 0 bridgehead atoms. The predicted molar refractivity (Wildman–Crippen MR) is 115 cm³/mol. The molecule has 1 aliphatic heterocycles. The van der Waals surface area contributed by atoms with Crippen LogP contribution in [0.2, 0.25) is 0 Å². The van der Waals surface area contributed by atoms with E-state index >= 15 is 0 Å². The van der Waals surface area contributed by atoms with Crippen molar-refractivity contribution in [3.63, 3.8) is 0 Å². The summed E-state index contributed by atoms with van der Waals surface area (Å²) in [7, 11) is 3.17. The Balaban J connectivity index is 1.61. The number of benzene rings is 1. The molecule has 3 aromatic rings. The molecule has 8 nitrogen and oxygen atoms in total. The molecule has 0 spiro atoms. The third-order valence-electron chi connectivity index (χ3n) is 5.60. The van der Waals surface area contributed by atoms with Gasteiger partial charge in [0, 0.05) is 45.5 Å². The molecule has 1 atom stereocenters. The first-order valence-electron chi connectivity index (χ1n) is 10.3. The Morgan fingerprint density at radius 3 is 2.84 bits per heavy atom. The summed E-state index contributed by atoms with van der Waals surface area (Å²) in [6.07, 6.45) is 6.69. The summed E-state index contributed by atoms with van der Waals surface area (Å²) < 4.78 is 31.2. The van der Waals surface area contributed by atoms with Crippen molar-refractivity contribution in [2.24, 2.45) is 5.92 Å². The summed E-state index contributed by atoms with van der Waals surface area (Å²) in [5.74, 6) is -1.15. The van der Waals surface area contributed by atoms with Crippen LogP contribution in [0.3, 0.4) is 0 Å².